The van der Waals surface area contributed by atoms with E-state index in [0.29, 0.717) is 32.3 Å². The van der Waals surface area contributed by atoms with Crippen molar-refractivity contribution in [1.82, 2.24) is 0 Å². The van der Waals surface area contributed by atoms with Gasteiger partial charge >= 0.3 is 5.97 Å². The topological polar surface area (TPSA) is 66.8 Å². The van der Waals surface area contributed by atoms with E-state index < -0.39 is 11.6 Å². The van der Waals surface area contributed by atoms with E-state index in [2.05, 4.69) is 0 Å². The average Bonchev–Trinajstić information content (AvgIpc) is 2.16. The molecule has 15 heavy (non-hydrogen) atoms. The monoisotopic (exact) mass is 216 g/mol. The Hall–Kier alpha value is -0.610. The van der Waals surface area contributed by atoms with E-state index >= 15 is 0 Å². The van der Waals surface area contributed by atoms with E-state index in [4.69, 9.17) is 9.84 Å². The highest BCUT2D eigenvalue weighted by atomic mass is 16.5. The van der Waals surface area contributed by atoms with Crippen LogP contribution in [0.3, 0.4) is 0 Å². The number of aliphatic hydroxyl groups is 1. The van der Waals surface area contributed by atoms with Crippen LogP contribution >= 0.6 is 0 Å². The van der Waals surface area contributed by atoms with E-state index in [-0.39, 0.29) is 12.0 Å². The Bertz CT molecular complexity index is 217. The predicted molar refractivity (Wildman–Crippen MR) is 55.6 cm³/mol. The third kappa shape index (κ3) is 3.80. The molecule has 0 unspecified atom stereocenters. The van der Waals surface area contributed by atoms with E-state index in [1.54, 1.807) is 0 Å². The first-order chi connectivity index (χ1) is 6.93. The van der Waals surface area contributed by atoms with Crippen molar-refractivity contribution in [2.45, 2.75) is 51.2 Å². The van der Waals surface area contributed by atoms with Crippen LogP contribution in [0.4, 0.5) is 0 Å². The van der Waals surface area contributed by atoms with Gasteiger partial charge in [-0.2, -0.15) is 0 Å². The van der Waals surface area contributed by atoms with Crippen molar-refractivity contribution in [3.8, 4) is 0 Å². The molecule has 0 bridgehead atoms. The molecule has 4 heteroatoms. The molecular weight excluding hydrogens is 196 g/mol. The number of carboxylic acids is 1. The van der Waals surface area contributed by atoms with Crippen molar-refractivity contribution < 1.29 is 19.7 Å². The maximum absolute atomic E-state index is 10.7. The summed E-state index contributed by atoms with van der Waals surface area (Å²) in [6.07, 6.45) is 2.25. The Morgan fingerprint density at radius 2 is 2.00 bits per heavy atom. The van der Waals surface area contributed by atoms with Gasteiger partial charge in [0.15, 0.2) is 0 Å². The molecule has 1 saturated carbocycles. The summed E-state index contributed by atoms with van der Waals surface area (Å²) in [6, 6.07) is 0. The number of carboxylic acid groups (broad SMARTS) is 1. The molecule has 0 saturated heterocycles. The number of aliphatic carboxylic acids is 1. The van der Waals surface area contributed by atoms with Crippen LogP contribution in [0, 0.1) is 5.92 Å². The number of hydrogen-bond donors (Lipinski definition) is 2. The normalized spacial score (nSPS) is 31.9. The van der Waals surface area contributed by atoms with Gasteiger partial charge in [0.1, 0.15) is 0 Å². The minimum absolute atomic E-state index is 0.103. The van der Waals surface area contributed by atoms with Crippen molar-refractivity contribution in [3.63, 3.8) is 0 Å². The molecule has 0 aromatic carbocycles. The van der Waals surface area contributed by atoms with Crippen molar-refractivity contribution in [2.24, 2.45) is 5.92 Å². The Balaban J connectivity index is 2.37. The van der Waals surface area contributed by atoms with Gasteiger partial charge in [0, 0.05) is 0 Å². The second-order valence-corrected chi connectivity index (χ2v) is 4.70. The molecule has 0 aromatic rings. The summed E-state index contributed by atoms with van der Waals surface area (Å²) in [7, 11) is 0. The fourth-order valence-electron chi connectivity index (χ4n) is 1.87. The van der Waals surface area contributed by atoms with Crippen LogP contribution in [0.25, 0.3) is 0 Å². The summed E-state index contributed by atoms with van der Waals surface area (Å²) < 4.78 is 5.38. The Kier molecular flexibility index (Phi) is 4.11. The molecule has 1 rings (SSSR count). The van der Waals surface area contributed by atoms with Gasteiger partial charge in [-0.25, -0.2) is 0 Å². The van der Waals surface area contributed by atoms with Crippen LogP contribution in [-0.2, 0) is 9.53 Å². The van der Waals surface area contributed by atoms with Gasteiger partial charge in [0.2, 0.25) is 0 Å². The lowest BCUT2D eigenvalue weighted by molar-refractivity contribution is -0.146. The first-order valence-electron chi connectivity index (χ1n) is 5.50. The minimum atomic E-state index is -0.809. The molecule has 4 nitrogen and oxygen atoms in total. The summed E-state index contributed by atoms with van der Waals surface area (Å²) in [5, 5.41) is 18.9. The average molecular weight is 216 g/mol. The first kappa shape index (κ1) is 12.5. The van der Waals surface area contributed by atoms with Crippen LogP contribution in [-0.4, -0.2) is 34.5 Å². The van der Waals surface area contributed by atoms with Crippen molar-refractivity contribution in [2.75, 3.05) is 6.61 Å². The summed E-state index contributed by atoms with van der Waals surface area (Å²) in [4.78, 5) is 10.7. The van der Waals surface area contributed by atoms with E-state index in [1.165, 1.54) is 0 Å². The van der Waals surface area contributed by atoms with Crippen LogP contribution in [0.5, 0.6) is 0 Å². The standard InChI is InChI=1S/C11H20O4/c1-8(2)15-7-11(14)5-3-9(4-6-11)10(12)13/h8-9,14H,3-7H2,1-2H3,(H,12,13). The molecule has 1 fully saturated rings. The Morgan fingerprint density at radius 1 is 1.47 bits per heavy atom. The Morgan fingerprint density at radius 3 is 2.40 bits per heavy atom. The second kappa shape index (κ2) is 4.94. The second-order valence-electron chi connectivity index (χ2n) is 4.70. The maximum atomic E-state index is 10.7. The zero-order valence-electron chi connectivity index (χ0n) is 9.40. The van der Waals surface area contributed by atoms with Gasteiger partial charge < -0.3 is 14.9 Å². The highest BCUT2D eigenvalue weighted by molar-refractivity contribution is 5.70. The zero-order valence-corrected chi connectivity index (χ0v) is 9.40. The van der Waals surface area contributed by atoms with Crippen LogP contribution in [0.2, 0.25) is 0 Å². The third-order valence-corrected chi connectivity index (χ3v) is 2.95. The fraction of sp³-hybridized carbons (Fsp3) is 0.909. The molecule has 0 radical (unpaired) electrons. The molecule has 0 heterocycles. The van der Waals surface area contributed by atoms with Crippen LogP contribution in [0.1, 0.15) is 39.5 Å². The third-order valence-electron chi connectivity index (χ3n) is 2.95. The molecule has 0 atom stereocenters. The summed E-state index contributed by atoms with van der Waals surface area (Å²) >= 11 is 0. The van der Waals surface area contributed by atoms with Crippen molar-refractivity contribution >= 4 is 5.97 Å². The molecule has 88 valence electrons. The number of rotatable bonds is 4. The lowest BCUT2D eigenvalue weighted by Gasteiger charge is -2.34. The highest BCUT2D eigenvalue weighted by Crippen LogP contribution is 2.32. The summed E-state index contributed by atoms with van der Waals surface area (Å²) in [5.74, 6) is -1.04. The van der Waals surface area contributed by atoms with Gasteiger partial charge in [-0.15, -0.1) is 0 Å². The fourth-order valence-corrected chi connectivity index (χ4v) is 1.87. The minimum Gasteiger partial charge on any atom is -0.481 e. The molecule has 1 aliphatic rings. The molecule has 0 aliphatic heterocycles. The van der Waals surface area contributed by atoms with Gasteiger partial charge in [-0.3, -0.25) is 4.79 Å². The molecular formula is C11H20O4. The zero-order chi connectivity index (χ0) is 11.5. The SMILES string of the molecule is CC(C)OCC1(O)CCC(C(=O)O)CC1. The smallest absolute Gasteiger partial charge is 0.306 e. The number of carbonyl (C=O) groups is 1. The van der Waals surface area contributed by atoms with Crippen LogP contribution in [0.15, 0.2) is 0 Å². The van der Waals surface area contributed by atoms with E-state index in [1.807, 2.05) is 13.8 Å². The van der Waals surface area contributed by atoms with Gasteiger partial charge in [-0.1, -0.05) is 0 Å². The van der Waals surface area contributed by atoms with E-state index in [0.717, 1.165) is 0 Å². The van der Waals surface area contributed by atoms with Gasteiger partial charge in [-0.05, 0) is 39.5 Å². The number of ether oxygens (including phenoxy) is 1. The maximum Gasteiger partial charge on any atom is 0.306 e. The molecule has 0 amide bonds. The summed E-state index contributed by atoms with van der Waals surface area (Å²) in [5.41, 5.74) is -0.809. The van der Waals surface area contributed by atoms with Crippen LogP contribution < -0.4 is 0 Å². The lowest BCUT2D eigenvalue weighted by atomic mass is 9.79. The highest BCUT2D eigenvalue weighted by Gasteiger charge is 2.36. The molecule has 2 N–H and O–H groups in total. The Labute approximate surface area is 90.2 Å². The molecule has 0 aromatic heterocycles. The molecule has 0 spiro atoms. The predicted octanol–water partition coefficient (Wildman–Crippen LogP) is 1.42. The lowest BCUT2D eigenvalue weighted by Crippen LogP contribution is -2.40. The quantitative estimate of drug-likeness (QED) is 0.745. The number of hydrogen-bond acceptors (Lipinski definition) is 3. The summed E-state index contributed by atoms with van der Waals surface area (Å²) in [6.45, 7) is 4.16. The van der Waals surface area contributed by atoms with Crippen molar-refractivity contribution in [3.05, 3.63) is 0 Å². The molecule has 1 aliphatic carbocycles. The van der Waals surface area contributed by atoms with Crippen molar-refractivity contribution in [1.29, 1.82) is 0 Å². The van der Waals surface area contributed by atoms with Gasteiger partial charge in [0.25, 0.3) is 0 Å². The van der Waals surface area contributed by atoms with E-state index in [9.17, 15) is 9.90 Å². The van der Waals surface area contributed by atoms with Gasteiger partial charge in [0.05, 0.1) is 24.2 Å². The first-order valence-corrected chi connectivity index (χ1v) is 5.50. The largest absolute Gasteiger partial charge is 0.481 e.